The number of anilines is 1. The highest BCUT2D eigenvalue weighted by atomic mass is 16.5. The molecule has 0 aromatic heterocycles. The van der Waals surface area contributed by atoms with Crippen molar-refractivity contribution < 1.29 is 19.1 Å². The number of rotatable bonds is 5. The molecule has 0 fully saturated rings. The van der Waals surface area contributed by atoms with Gasteiger partial charge in [0.1, 0.15) is 0 Å². The van der Waals surface area contributed by atoms with Crippen LogP contribution >= 0.6 is 0 Å². The second-order valence-corrected chi connectivity index (χ2v) is 4.59. The summed E-state index contributed by atoms with van der Waals surface area (Å²) in [6.07, 6.45) is 0. The van der Waals surface area contributed by atoms with Crippen LogP contribution in [0.1, 0.15) is 10.4 Å². The van der Waals surface area contributed by atoms with Crippen LogP contribution in [0.15, 0.2) is 24.3 Å². The lowest BCUT2D eigenvalue weighted by atomic mass is 10.2. The Hall–Kier alpha value is -2.41. The summed E-state index contributed by atoms with van der Waals surface area (Å²) in [7, 11) is 5.00. The Morgan fingerprint density at radius 3 is 2.52 bits per heavy atom. The molecule has 7 heteroatoms. The number of nitrogens with one attached hydrogen (secondary N) is 2. The Bertz CT molecular complexity index is 529. The molecule has 0 saturated heterocycles. The molecule has 1 rings (SSSR count). The number of hydrogen-bond acceptors (Lipinski definition) is 5. The third-order valence-electron chi connectivity index (χ3n) is 2.59. The highest BCUT2D eigenvalue weighted by Gasteiger charge is 2.14. The summed E-state index contributed by atoms with van der Waals surface area (Å²) < 4.78 is 4.58. The van der Waals surface area contributed by atoms with Crippen LogP contribution in [0, 0.1) is 0 Å². The lowest BCUT2D eigenvalue weighted by molar-refractivity contribution is -0.136. The molecule has 0 atom stereocenters. The zero-order valence-corrected chi connectivity index (χ0v) is 12.3. The first-order chi connectivity index (χ1) is 9.93. The first-order valence-electron chi connectivity index (χ1n) is 6.36. The van der Waals surface area contributed by atoms with Crippen LogP contribution in [0.5, 0.6) is 0 Å². The third-order valence-corrected chi connectivity index (χ3v) is 2.59. The minimum Gasteiger partial charge on any atom is -0.465 e. The fourth-order valence-electron chi connectivity index (χ4n) is 1.50. The van der Waals surface area contributed by atoms with E-state index in [1.54, 1.807) is 18.2 Å². The van der Waals surface area contributed by atoms with Crippen molar-refractivity contribution in [3.8, 4) is 0 Å². The number of ether oxygens (including phenoxy) is 1. The van der Waals surface area contributed by atoms with E-state index in [0.29, 0.717) is 24.3 Å². The molecule has 114 valence electrons. The van der Waals surface area contributed by atoms with Gasteiger partial charge in [0.15, 0.2) is 0 Å². The van der Waals surface area contributed by atoms with E-state index >= 15 is 0 Å². The summed E-state index contributed by atoms with van der Waals surface area (Å²) in [6, 6.07) is 6.17. The van der Waals surface area contributed by atoms with Gasteiger partial charge in [0.05, 0.1) is 12.7 Å². The second kappa shape index (κ2) is 8.01. The van der Waals surface area contributed by atoms with Crippen molar-refractivity contribution in [3.63, 3.8) is 0 Å². The van der Waals surface area contributed by atoms with Gasteiger partial charge in [0.25, 0.3) is 0 Å². The Morgan fingerprint density at radius 1 is 1.19 bits per heavy atom. The maximum absolute atomic E-state index is 11.7. The highest BCUT2D eigenvalue weighted by molar-refractivity contribution is 6.39. The number of methoxy groups -OCH3 is 1. The molecular weight excluding hydrogens is 274 g/mol. The zero-order chi connectivity index (χ0) is 15.8. The van der Waals surface area contributed by atoms with Crippen LogP contribution in [0.2, 0.25) is 0 Å². The van der Waals surface area contributed by atoms with Gasteiger partial charge in [-0.15, -0.1) is 0 Å². The summed E-state index contributed by atoms with van der Waals surface area (Å²) in [5, 5.41) is 4.93. The van der Waals surface area contributed by atoms with Crippen molar-refractivity contribution in [2.75, 3.05) is 39.6 Å². The molecule has 0 aliphatic carbocycles. The summed E-state index contributed by atoms with van der Waals surface area (Å²) in [5.41, 5.74) is 0.647. The molecule has 1 aromatic rings. The van der Waals surface area contributed by atoms with Gasteiger partial charge in [-0.05, 0) is 32.3 Å². The van der Waals surface area contributed by atoms with Gasteiger partial charge in [-0.3, -0.25) is 9.59 Å². The average molecular weight is 293 g/mol. The number of likely N-dealkylation sites (N-methyl/N-ethyl adjacent to an activating group) is 1. The molecule has 1 aromatic carbocycles. The molecular formula is C14H19N3O4. The molecule has 0 aliphatic heterocycles. The monoisotopic (exact) mass is 293 g/mol. The SMILES string of the molecule is COC(=O)c1cccc(NC(=O)C(=O)NCCN(C)C)c1. The minimum atomic E-state index is -0.782. The van der Waals surface area contributed by atoms with Crippen LogP contribution in [-0.4, -0.2) is 57.0 Å². The molecule has 0 bridgehead atoms. The van der Waals surface area contributed by atoms with E-state index in [2.05, 4.69) is 15.4 Å². The summed E-state index contributed by atoms with van der Waals surface area (Å²) in [4.78, 5) is 36.5. The maximum atomic E-state index is 11.7. The normalized spacial score (nSPS) is 10.1. The minimum absolute atomic E-state index is 0.295. The summed E-state index contributed by atoms with van der Waals surface area (Å²) in [5.74, 6) is -2.02. The first kappa shape index (κ1) is 16.6. The van der Waals surface area contributed by atoms with Gasteiger partial charge < -0.3 is 20.3 Å². The predicted molar refractivity (Wildman–Crippen MR) is 78.0 cm³/mol. The molecule has 0 spiro atoms. The second-order valence-electron chi connectivity index (χ2n) is 4.59. The number of esters is 1. The van der Waals surface area contributed by atoms with Crippen molar-refractivity contribution in [2.24, 2.45) is 0 Å². The van der Waals surface area contributed by atoms with Crippen LogP contribution in [0.3, 0.4) is 0 Å². The first-order valence-corrected chi connectivity index (χ1v) is 6.36. The predicted octanol–water partition coefficient (Wildman–Crippen LogP) is 0.0895. The molecule has 0 heterocycles. The molecule has 2 N–H and O–H groups in total. The van der Waals surface area contributed by atoms with Crippen LogP contribution in [0.25, 0.3) is 0 Å². The quantitative estimate of drug-likeness (QED) is 0.593. The number of hydrogen-bond donors (Lipinski definition) is 2. The molecule has 2 amide bonds. The molecule has 0 aliphatic rings. The fraction of sp³-hybridized carbons (Fsp3) is 0.357. The number of carbonyl (C=O) groups is 3. The number of carbonyl (C=O) groups excluding carboxylic acids is 3. The van der Waals surface area contributed by atoms with Gasteiger partial charge >= 0.3 is 17.8 Å². The molecule has 0 unspecified atom stereocenters. The smallest absolute Gasteiger partial charge is 0.337 e. The van der Waals surface area contributed by atoms with E-state index in [4.69, 9.17) is 0 Å². The maximum Gasteiger partial charge on any atom is 0.337 e. The molecule has 0 radical (unpaired) electrons. The Morgan fingerprint density at radius 2 is 1.90 bits per heavy atom. The van der Waals surface area contributed by atoms with Crippen molar-refractivity contribution >= 4 is 23.5 Å². The molecule has 0 saturated carbocycles. The molecule has 21 heavy (non-hydrogen) atoms. The van der Waals surface area contributed by atoms with E-state index in [1.807, 2.05) is 19.0 Å². The van der Waals surface area contributed by atoms with Crippen molar-refractivity contribution in [2.45, 2.75) is 0 Å². The third kappa shape index (κ3) is 5.62. The highest BCUT2D eigenvalue weighted by Crippen LogP contribution is 2.11. The van der Waals surface area contributed by atoms with Crippen molar-refractivity contribution in [3.05, 3.63) is 29.8 Å². The Kier molecular flexibility index (Phi) is 6.35. The largest absolute Gasteiger partial charge is 0.465 e. The van der Waals surface area contributed by atoms with Crippen molar-refractivity contribution in [1.29, 1.82) is 0 Å². The van der Waals surface area contributed by atoms with E-state index in [9.17, 15) is 14.4 Å². The van der Waals surface area contributed by atoms with Gasteiger partial charge in [0, 0.05) is 18.8 Å². The number of benzene rings is 1. The zero-order valence-electron chi connectivity index (χ0n) is 12.3. The van der Waals surface area contributed by atoms with Crippen LogP contribution < -0.4 is 10.6 Å². The lowest BCUT2D eigenvalue weighted by Gasteiger charge is -2.10. The lowest BCUT2D eigenvalue weighted by Crippen LogP contribution is -2.38. The molecule has 7 nitrogen and oxygen atoms in total. The summed E-state index contributed by atoms with van der Waals surface area (Å²) >= 11 is 0. The van der Waals surface area contributed by atoms with Crippen LogP contribution in [-0.2, 0) is 14.3 Å². The van der Waals surface area contributed by atoms with Crippen molar-refractivity contribution in [1.82, 2.24) is 10.2 Å². The van der Waals surface area contributed by atoms with Gasteiger partial charge in [0.2, 0.25) is 0 Å². The summed E-state index contributed by atoms with van der Waals surface area (Å²) in [6.45, 7) is 1.01. The van der Waals surface area contributed by atoms with Crippen LogP contribution in [0.4, 0.5) is 5.69 Å². The number of nitrogens with zero attached hydrogens (tertiary/aromatic N) is 1. The van der Waals surface area contributed by atoms with E-state index in [1.165, 1.54) is 13.2 Å². The Labute approximate surface area is 123 Å². The average Bonchev–Trinajstić information content (AvgIpc) is 2.46. The van der Waals surface area contributed by atoms with E-state index in [0.717, 1.165) is 0 Å². The van der Waals surface area contributed by atoms with Gasteiger partial charge in [-0.2, -0.15) is 0 Å². The topological polar surface area (TPSA) is 87.7 Å². The van der Waals surface area contributed by atoms with E-state index < -0.39 is 17.8 Å². The Balaban J connectivity index is 2.58. The fourth-order valence-corrected chi connectivity index (χ4v) is 1.50. The number of amides is 2. The van der Waals surface area contributed by atoms with E-state index in [-0.39, 0.29) is 0 Å². The van der Waals surface area contributed by atoms with Gasteiger partial charge in [-0.1, -0.05) is 6.07 Å². The van der Waals surface area contributed by atoms with Gasteiger partial charge in [-0.25, -0.2) is 4.79 Å². The standard InChI is InChI=1S/C14H19N3O4/c1-17(2)8-7-15-12(18)13(19)16-11-6-4-5-10(9-11)14(20)21-3/h4-6,9H,7-8H2,1-3H3,(H,15,18)(H,16,19).